The Hall–Kier alpha value is -2.15. The van der Waals surface area contributed by atoms with Crippen molar-refractivity contribution in [1.82, 2.24) is 5.32 Å². The minimum Gasteiger partial charge on any atom is -0.493 e. The molecule has 0 amide bonds. The molecule has 0 saturated heterocycles. The number of hydrogen-bond donors (Lipinski definition) is 2. The second-order valence-electron chi connectivity index (χ2n) is 5.41. The van der Waals surface area contributed by atoms with E-state index in [1.54, 1.807) is 19.2 Å². The van der Waals surface area contributed by atoms with Gasteiger partial charge in [-0.25, -0.2) is 4.39 Å². The number of hydrogen-bond acceptors (Lipinski definition) is 5. The molecule has 0 heterocycles. The molecule has 2 N–H and O–H groups in total. The Labute approximate surface area is 147 Å². The van der Waals surface area contributed by atoms with E-state index in [4.69, 9.17) is 19.3 Å². The smallest absolute Gasteiger partial charge is 0.161 e. The van der Waals surface area contributed by atoms with Gasteiger partial charge in [-0.15, -0.1) is 0 Å². The molecule has 0 aromatic heterocycles. The van der Waals surface area contributed by atoms with Crippen LogP contribution >= 0.6 is 0 Å². The molecule has 0 radical (unpaired) electrons. The van der Waals surface area contributed by atoms with Crippen molar-refractivity contribution in [2.24, 2.45) is 0 Å². The highest BCUT2D eigenvalue weighted by Crippen LogP contribution is 2.28. The van der Waals surface area contributed by atoms with Crippen LogP contribution in [0.2, 0.25) is 0 Å². The van der Waals surface area contributed by atoms with E-state index in [2.05, 4.69) is 5.32 Å². The van der Waals surface area contributed by atoms with Crippen molar-refractivity contribution in [3.63, 3.8) is 0 Å². The molecule has 0 fully saturated rings. The molecule has 0 bridgehead atoms. The normalized spacial score (nSPS) is 10.7. The third kappa shape index (κ3) is 6.70. The Morgan fingerprint density at radius 2 is 1.76 bits per heavy atom. The van der Waals surface area contributed by atoms with E-state index in [-0.39, 0.29) is 12.4 Å². The van der Waals surface area contributed by atoms with Crippen LogP contribution < -0.4 is 14.8 Å². The van der Waals surface area contributed by atoms with Gasteiger partial charge in [0.2, 0.25) is 0 Å². The lowest BCUT2D eigenvalue weighted by molar-refractivity contribution is 0.0938. The van der Waals surface area contributed by atoms with Crippen molar-refractivity contribution in [2.75, 3.05) is 33.5 Å². The lowest BCUT2D eigenvalue weighted by Gasteiger charge is -2.13. The third-order valence-corrected chi connectivity index (χ3v) is 3.52. The second-order valence-corrected chi connectivity index (χ2v) is 5.41. The van der Waals surface area contributed by atoms with E-state index in [0.29, 0.717) is 44.4 Å². The number of nitrogens with one attached hydrogen (secondary N) is 1. The molecule has 2 aromatic rings. The summed E-state index contributed by atoms with van der Waals surface area (Å²) in [4.78, 5) is 0. The first-order valence-corrected chi connectivity index (χ1v) is 8.16. The van der Waals surface area contributed by atoms with Crippen molar-refractivity contribution in [2.45, 2.75) is 13.2 Å². The molecule has 0 saturated carbocycles. The van der Waals surface area contributed by atoms with Gasteiger partial charge in [-0.2, -0.15) is 0 Å². The van der Waals surface area contributed by atoms with Crippen molar-refractivity contribution >= 4 is 0 Å². The molecular weight excluding hydrogens is 325 g/mol. The number of methoxy groups -OCH3 is 1. The molecule has 2 aromatic carbocycles. The SMILES string of the molecule is COc1cc(CNCCOCCO)ccc1OCc1ccc(F)cc1. The maximum atomic E-state index is 12.9. The molecule has 2 rings (SSSR count). The number of benzene rings is 2. The van der Waals surface area contributed by atoms with E-state index >= 15 is 0 Å². The van der Waals surface area contributed by atoms with Crippen LogP contribution in [0, 0.1) is 5.82 Å². The Morgan fingerprint density at radius 3 is 2.48 bits per heavy atom. The summed E-state index contributed by atoms with van der Waals surface area (Å²) in [6, 6.07) is 12.0. The zero-order chi connectivity index (χ0) is 17.9. The fourth-order valence-electron chi connectivity index (χ4n) is 2.23. The summed E-state index contributed by atoms with van der Waals surface area (Å²) >= 11 is 0. The number of halogens is 1. The van der Waals surface area contributed by atoms with Crippen LogP contribution in [0.4, 0.5) is 4.39 Å². The fourth-order valence-corrected chi connectivity index (χ4v) is 2.23. The number of aliphatic hydroxyl groups excluding tert-OH is 1. The van der Waals surface area contributed by atoms with Gasteiger partial charge in [-0.1, -0.05) is 18.2 Å². The Balaban J connectivity index is 1.84. The molecule has 25 heavy (non-hydrogen) atoms. The number of ether oxygens (including phenoxy) is 3. The summed E-state index contributed by atoms with van der Waals surface area (Å²) < 4.78 is 29.3. The Morgan fingerprint density at radius 1 is 1.00 bits per heavy atom. The average Bonchev–Trinajstić information content (AvgIpc) is 2.64. The van der Waals surface area contributed by atoms with Gasteiger partial charge in [0.15, 0.2) is 11.5 Å². The molecule has 0 aliphatic rings. The van der Waals surface area contributed by atoms with Crippen molar-refractivity contribution in [3.8, 4) is 11.5 Å². The van der Waals surface area contributed by atoms with E-state index in [0.717, 1.165) is 11.1 Å². The topological polar surface area (TPSA) is 60.0 Å². The molecule has 0 atom stereocenters. The summed E-state index contributed by atoms with van der Waals surface area (Å²) in [5.41, 5.74) is 1.95. The predicted molar refractivity (Wildman–Crippen MR) is 93.3 cm³/mol. The van der Waals surface area contributed by atoms with Gasteiger partial charge in [-0.3, -0.25) is 0 Å². The lowest BCUT2D eigenvalue weighted by atomic mass is 10.2. The molecule has 0 aliphatic heterocycles. The van der Waals surface area contributed by atoms with Crippen molar-refractivity contribution in [1.29, 1.82) is 0 Å². The maximum Gasteiger partial charge on any atom is 0.161 e. The van der Waals surface area contributed by atoms with Gasteiger partial charge in [0, 0.05) is 13.1 Å². The zero-order valence-corrected chi connectivity index (χ0v) is 14.3. The molecule has 0 spiro atoms. The van der Waals surface area contributed by atoms with Crippen LogP contribution in [0.3, 0.4) is 0 Å². The van der Waals surface area contributed by atoms with Crippen LogP contribution in [0.1, 0.15) is 11.1 Å². The monoisotopic (exact) mass is 349 g/mol. The van der Waals surface area contributed by atoms with E-state index in [1.165, 1.54) is 12.1 Å². The minimum atomic E-state index is -0.264. The van der Waals surface area contributed by atoms with Gasteiger partial charge < -0.3 is 24.6 Å². The van der Waals surface area contributed by atoms with Gasteiger partial charge >= 0.3 is 0 Å². The van der Waals surface area contributed by atoms with E-state index in [1.807, 2.05) is 18.2 Å². The minimum absolute atomic E-state index is 0.0383. The van der Waals surface area contributed by atoms with Crippen LogP contribution in [0.15, 0.2) is 42.5 Å². The van der Waals surface area contributed by atoms with Crippen molar-refractivity contribution < 1.29 is 23.7 Å². The predicted octanol–water partition coefficient (Wildman–Crippen LogP) is 2.51. The summed E-state index contributed by atoms with van der Waals surface area (Å²) in [7, 11) is 1.60. The molecule has 5 nitrogen and oxygen atoms in total. The van der Waals surface area contributed by atoms with Gasteiger partial charge in [0.25, 0.3) is 0 Å². The third-order valence-electron chi connectivity index (χ3n) is 3.52. The summed E-state index contributed by atoms with van der Waals surface area (Å²) in [5, 5.41) is 11.9. The van der Waals surface area contributed by atoms with Crippen LogP contribution in [0.5, 0.6) is 11.5 Å². The molecule has 0 unspecified atom stereocenters. The number of aliphatic hydroxyl groups is 1. The Kier molecular flexibility index (Phi) is 8.18. The maximum absolute atomic E-state index is 12.9. The first kappa shape index (κ1) is 19.2. The first-order valence-electron chi connectivity index (χ1n) is 8.16. The molecule has 136 valence electrons. The van der Waals surface area contributed by atoms with E-state index in [9.17, 15) is 4.39 Å². The standard InChI is InChI=1S/C19H24FNO4/c1-23-19-12-16(13-21-8-10-24-11-9-22)4-7-18(19)25-14-15-2-5-17(20)6-3-15/h2-7,12,21-22H,8-11,13-14H2,1H3. The first-order chi connectivity index (χ1) is 12.2. The fraction of sp³-hybridized carbons (Fsp3) is 0.368. The zero-order valence-electron chi connectivity index (χ0n) is 14.3. The molecular formula is C19H24FNO4. The second kappa shape index (κ2) is 10.7. The molecule has 6 heteroatoms. The molecule has 0 aliphatic carbocycles. The van der Waals surface area contributed by atoms with Crippen molar-refractivity contribution in [3.05, 3.63) is 59.4 Å². The highest BCUT2D eigenvalue weighted by atomic mass is 19.1. The highest BCUT2D eigenvalue weighted by molar-refractivity contribution is 5.43. The summed E-state index contributed by atoms with van der Waals surface area (Å²) in [6.07, 6.45) is 0. The largest absolute Gasteiger partial charge is 0.493 e. The van der Waals surface area contributed by atoms with Crippen LogP contribution in [-0.4, -0.2) is 38.6 Å². The van der Waals surface area contributed by atoms with Gasteiger partial charge in [-0.05, 0) is 35.4 Å². The number of rotatable bonds is 11. The van der Waals surface area contributed by atoms with Gasteiger partial charge in [0.05, 0.1) is 26.9 Å². The van der Waals surface area contributed by atoms with E-state index < -0.39 is 0 Å². The summed E-state index contributed by atoms with van der Waals surface area (Å²) in [5.74, 6) is 1.03. The average molecular weight is 349 g/mol. The Bertz CT molecular complexity index is 634. The highest BCUT2D eigenvalue weighted by Gasteiger charge is 2.06. The van der Waals surface area contributed by atoms with Crippen LogP contribution in [-0.2, 0) is 17.9 Å². The van der Waals surface area contributed by atoms with Gasteiger partial charge in [0.1, 0.15) is 12.4 Å². The van der Waals surface area contributed by atoms with Crippen LogP contribution in [0.25, 0.3) is 0 Å². The quantitative estimate of drug-likeness (QED) is 0.611. The summed E-state index contributed by atoms with van der Waals surface area (Å²) in [6.45, 7) is 2.67. The lowest BCUT2D eigenvalue weighted by Crippen LogP contribution is -2.20.